The van der Waals surface area contributed by atoms with Gasteiger partial charge in [0, 0.05) is 36.5 Å². The summed E-state index contributed by atoms with van der Waals surface area (Å²) in [7, 11) is 1.53. The highest BCUT2D eigenvalue weighted by Crippen LogP contribution is 2.29. The van der Waals surface area contributed by atoms with Gasteiger partial charge in [0.05, 0.1) is 13.7 Å². The third-order valence-corrected chi connectivity index (χ3v) is 4.05. The number of aromatic nitrogens is 1. The number of carbonyl (C=O) groups is 1. The van der Waals surface area contributed by atoms with E-state index in [9.17, 15) is 13.6 Å². The predicted molar refractivity (Wildman–Crippen MR) is 87.9 cm³/mol. The lowest BCUT2D eigenvalue weighted by atomic mass is 10.2. The van der Waals surface area contributed by atoms with E-state index in [4.69, 9.17) is 4.74 Å². The maximum absolute atomic E-state index is 13.9. The average Bonchev–Trinajstić information content (AvgIpc) is 3.44. The van der Waals surface area contributed by atoms with Crippen LogP contribution in [0.5, 0.6) is 5.88 Å². The topological polar surface area (TPSA) is 54.5 Å². The monoisotopic (exact) mass is 347 g/mol. The van der Waals surface area contributed by atoms with E-state index >= 15 is 0 Å². The van der Waals surface area contributed by atoms with Gasteiger partial charge in [0.1, 0.15) is 11.6 Å². The van der Waals surface area contributed by atoms with Crippen LogP contribution >= 0.6 is 0 Å². The van der Waals surface area contributed by atoms with Crippen molar-refractivity contribution in [3.8, 4) is 5.88 Å². The summed E-state index contributed by atoms with van der Waals surface area (Å²) in [5.41, 5.74) is 1.13. The van der Waals surface area contributed by atoms with Gasteiger partial charge in [-0.3, -0.25) is 0 Å². The number of nitrogens with zero attached hydrogens (tertiary/aromatic N) is 2. The Morgan fingerprint density at radius 1 is 1.32 bits per heavy atom. The van der Waals surface area contributed by atoms with Crippen molar-refractivity contribution < 1.29 is 18.3 Å². The minimum Gasteiger partial charge on any atom is -0.481 e. The molecule has 0 radical (unpaired) electrons. The van der Waals surface area contributed by atoms with Crippen LogP contribution in [0.25, 0.3) is 0 Å². The van der Waals surface area contributed by atoms with E-state index in [1.54, 1.807) is 17.2 Å². The third kappa shape index (κ3) is 4.43. The minimum atomic E-state index is -0.641. The molecule has 25 heavy (non-hydrogen) atoms. The molecule has 2 aromatic rings. The molecule has 1 aliphatic carbocycles. The van der Waals surface area contributed by atoms with Crippen molar-refractivity contribution in [3.05, 3.63) is 59.3 Å². The number of ether oxygens (including phenoxy) is 1. The summed E-state index contributed by atoms with van der Waals surface area (Å²) in [6, 6.07) is 6.76. The van der Waals surface area contributed by atoms with Gasteiger partial charge in [0.2, 0.25) is 5.88 Å². The molecule has 1 aromatic heterocycles. The normalized spacial score (nSPS) is 13.4. The largest absolute Gasteiger partial charge is 0.481 e. The summed E-state index contributed by atoms with van der Waals surface area (Å²) in [5, 5.41) is 2.82. The zero-order chi connectivity index (χ0) is 17.8. The molecule has 0 bridgehead atoms. The Morgan fingerprint density at radius 2 is 2.12 bits per heavy atom. The van der Waals surface area contributed by atoms with E-state index in [0.717, 1.165) is 24.5 Å². The molecular formula is C18H19F2N3O2. The first-order chi connectivity index (χ1) is 12.1. The summed E-state index contributed by atoms with van der Waals surface area (Å²) in [5.74, 6) is -0.769. The number of urea groups is 1. The first-order valence-corrected chi connectivity index (χ1v) is 8.04. The lowest BCUT2D eigenvalue weighted by Gasteiger charge is -2.23. The van der Waals surface area contributed by atoms with Gasteiger partial charge < -0.3 is 15.0 Å². The Hall–Kier alpha value is -2.70. The molecule has 1 fully saturated rings. The zero-order valence-corrected chi connectivity index (χ0v) is 13.8. The minimum absolute atomic E-state index is 0.0958. The second kappa shape index (κ2) is 7.46. The van der Waals surface area contributed by atoms with Gasteiger partial charge in [-0.05, 0) is 24.5 Å². The van der Waals surface area contributed by atoms with Crippen molar-refractivity contribution in [2.75, 3.05) is 7.11 Å². The van der Waals surface area contributed by atoms with E-state index in [-0.39, 0.29) is 18.6 Å². The highest BCUT2D eigenvalue weighted by Gasteiger charge is 2.33. The van der Waals surface area contributed by atoms with Crippen LogP contribution in [-0.4, -0.2) is 29.1 Å². The predicted octanol–water partition coefficient (Wildman–Crippen LogP) is 3.24. The first kappa shape index (κ1) is 17.1. The maximum Gasteiger partial charge on any atom is 0.318 e. The van der Waals surface area contributed by atoms with Crippen LogP contribution in [0.2, 0.25) is 0 Å². The number of nitrogens with one attached hydrogen (secondary N) is 1. The standard InChI is InChI=1S/C18H19F2N3O2/c1-25-17-7-2-12(9-21-17)10-22-18(24)23(15-5-6-15)11-13-3-4-14(19)8-16(13)20/h2-4,7-9,15H,5-6,10-11H2,1H3,(H,22,24). The second-order valence-electron chi connectivity index (χ2n) is 5.96. The molecular weight excluding hydrogens is 328 g/mol. The number of amides is 2. The van der Waals surface area contributed by atoms with Gasteiger partial charge in [-0.2, -0.15) is 0 Å². The highest BCUT2D eigenvalue weighted by molar-refractivity contribution is 5.75. The van der Waals surface area contributed by atoms with Crippen molar-refractivity contribution in [1.29, 1.82) is 0 Å². The molecule has 7 heteroatoms. The molecule has 0 unspecified atom stereocenters. The molecule has 2 amide bonds. The number of benzene rings is 1. The summed E-state index contributed by atoms with van der Waals surface area (Å²) in [6.45, 7) is 0.425. The van der Waals surface area contributed by atoms with Gasteiger partial charge in [-0.25, -0.2) is 18.6 Å². The molecule has 0 saturated heterocycles. The van der Waals surface area contributed by atoms with E-state index < -0.39 is 11.6 Å². The van der Waals surface area contributed by atoms with E-state index in [1.165, 1.54) is 19.2 Å². The fourth-order valence-corrected chi connectivity index (χ4v) is 2.50. The number of halogens is 2. The van der Waals surface area contributed by atoms with Crippen molar-refractivity contribution in [3.63, 3.8) is 0 Å². The Morgan fingerprint density at radius 3 is 2.72 bits per heavy atom. The highest BCUT2D eigenvalue weighted by atomic mass is 19.1. The van der Waals surface area contributed by atoms with E-state index in [2.05, 4.69) is 10.3 Å². The molecule has 0 spiro atoms. The number of pyridine rings is 1. The first-order valence-electron chi connectivity index (χ1n) is 8.04. The van der Waals surface area contributed by atoms with E-state index in [1.807, 2.05) is 6.07 Å². The van der Waals surface area contributed by atoms with Crippen molar-refractivity contribution in [2.45, 2.75) is 32.0 Å². The second-order valence-corrected chi connectivity index (χ2v) is 5.96. The molecule has 1 heterocycles. The van der Waals surface area contributed by atoms with Gasteiger partial charge in [0.25, 0.3) is 0 Å². The molecule has 1 aliphatic rings. The number of hydrogen-bond acceptors (Lipinski definition) is 3. The van der Waals surface area contributed by atoms with Gasteiger partial charge in [-0.15, -0.1) is 0 Å². The van der Waals surface area contributed by atoms with Crippen LogP contribution in [0.3, 0.4) is 0 Å². The fourth-order valence-electron chi connectivity index (χ4n) is 2.50. The zero-order valence-electron chi connectivity index (χ0n) is 13.8. The van der Waals surface area contributed by atoms with Crippen LogP contribution in [-0.2, 0) is 13.1 Å². The summed E-state index contributed by atoms with van der Waals surface area (Å²) >= 11 is 0. The smallest absolute Gasteiger partial charge is 0.318 e. The van der Waals surface area contributed by atoms with Gasteiger partial charge >= 0.3 is 6.03 Å². The van der Waals surface area contributed by atoms with Crippen molar-refractivity contribution in [2.24, 2.45) is 0 Å². The Bertz CT molecular complexity index is 748. The fraction of sp³-hybridized carbons (Fsp3) is 0.333. The van der Waals surface area contributed by atoms with Crippen LogP contribution in [0.4, 0.5) is 13.6 Å². The van der Waals surface area contributed by atoms with Crippen LogP contribution in [0, 0.1) is 11.6 Å². The molecule has 1 saturated carbocycles. The lowest BCUT2D eigenvalue weighted by molar-refractivity contribution is 0.191. The molecule has 0 aliphatic heterocycles. The molecule has 0 atom stereocenters. The van der Waals surface area contributed by atoms with Crippen molar-refractivity contribution in [1.82, 2.24) is 15.2 Å². The number of carbonyl (C=O) groups excluding carboxylic acids is 1. The van der Waals surface area contributed by atoms with Crippen LogP contribution in [0.15, 0.2) is 36.5 Å². The quantitative estimate of drug-likeness (QED) is 0.873. The molecule has 5 nitrogen and oxygen atoms in total. The SMILES string of the molecule is COc1ccc(CNC(=O)N(Cc2ccc(F)cc2F)C2CC2)cn1. The Labute approximate surface area is 144 Å². The Balaban J connectivity index is 1.62. The van der Waals surface area contributed by atoms with Crippen LogP contribution < -0.4 is 10.1 Å². The summed E-state index contributed by atoms with van der Waals surface area (Å²) < 4.78 is 31.9. The number of hydrogen-bond donors (Lipinski definition) is 1. The Kier molecular flexibility index (Phi) is 5.11. The number of rotatable bonds is 6. The van der Waals surface area contributed by atoms with Crippen LogP contribution in [0.1, 0.15) is 24.0 Å². The number of methoxy groups -OCH3 is 1. The maximum atomic E-state index is 13.9. The van der Waals surface area contributed by atoms with E-state index in [0.29, 0.717) is 18.0 Å². The van der Waals surface area contributed by atoms with Gasteiger partial charge in [-0.1, -0.05) is 12.1 Å². The third-order valence-electron chi connectivity index (χ3n) is 4.05. The molecule has 1 aromatic carbocycles. The average molecular weight is 347 g/mol. The molecule has 3 rings (SSSR count). The van der Waals surface area contributed by atoms with Gasteiger partial charge in [0.15, 0.2) is 0 Å². The summed E-state index contributed by atoms with van der Waals surface area (Å²) in [6.07, 6.45) is 3.40. The molecule has 1 N–H and O–H groups in total. The lowest BCUT2D eigenvalue weighted by Crippen LogP contribution is -2.40. The summed E-state index contributed by atoms with van der Waals surface area (Å²) in [4.78, 5) is 18.2. The molecule has 132 valence electrons. The van der Waals surface area contributed by atoms with Crippen molar-refractivity contribution >= 4 is 6.03 Å².